The molecule has 0 aromatic carbocycles. The van der Waals surface area contributed by atoms with Crippen LogP contribution >= 0.6 is 11.8 Å². The fraction of sp³-hybridized carbons (Fsp3) is 0.500. The average Bonchev–Trinajstić information content (AvgIpc) is 2.46. The second-order valence-corrected chi connectivity index (χ2v) is 5.54. The van der Waals surface area contributed by atoms with Crippen molar-refractivity contribution < 1.29 is 14.4 Å². The van der Waals surface area contributed by atoms with Crippen LogP contribution in [0, 0.1) is 0 Å². The number of imide groups is 1. The van der Waals surface area contributed by atoms with E-state index in [2.05, 4.69) is 16.0 Å². The molecule has 1 heterocycles. The van der Waals surface area contributed by atoms with Crippen molar-refractivity contribution in [2.75, 3.05) is 7.05 Å². The summed E-state index contributed by atoms with van der Waals surface area (Å²) >= 11 is 1.31. The SMILES string of the molecule is C/C=C(\S/C(=C/CC)NC)C(=O)NC1CCC(=O)NC1=O. The normalized spacial score (nSPS) is 20.0. The van der Waals surface area contributed by atoms with Gasteiger partial charge in [-0.2, -0.15) is 0 Å². The van der Waals surface area contributed by atoms with Crippen molar-refractivity contribution in [3.63, 3.8) is 0 Å². The van der Waals surface area contributed by atoms with Gasteiger partial charge in [0, 0.05) is 13.5 Å². The maximum absolute atomic E-state index is 12.2. The largest absolute Gasteiger partial charge is 0.383 e. The van der Waals surface area contributed by atoms with Gasteiger partial charge in [-0.25, -0.2) is 0 Å². The standard InChI is InChI=1S/C14H21N3O3S/c1-4-6-12(15-3)21-10(5-2)14(20)16-9-7-8-11(18)17-13(9)19/h5-6,9,15H,4,7-8H2,1-3H3,(H,16,20)(H,17,18,19)/b10-5-,12-6+. The van der Waals surface area contributed by atoms with Gasteiger partial charge < -0.3 is 10.6 Å². The minimum absolute atomic E-state index is 0.243. The lowest BCUT2D eigenvalue weighted by Crippen LogP contribution is -2.52. The van der Waals surface area contributed by atoms with Gasteiger partial charge in [0.2, 0.25) is 11.8 Å². The molecule has 3 amide bonds. The average molecular weight is 311 g/mol. The fourth-order valence-corrected chi connectivity index (χ4v) is 2.65. The summed E-state index contributed by atoms with van der Waals surface area (Å²) in [5.41, 5.74) is 0. The molecular formula is C14H21N3O3S. The van der Waals surface area contributed by atoms with E-state index in [1.54, 1.807) is 20.0 Å². The summed E-state index contributed by atoms with van der Waals surface area (Å²) in [6, 6.07) is -0.654. The van der Waals surface area contributed by atoms with Crippen molar-refractivity contribution in [3.05, 3.63) is 22.1 Å². The molecule has 0 saturated carbocycles. The number of allylic oxidation sites excluding steroid dienone is 2. The number of hydrogen-bond acceptors (Lipinski definition) is 5. The van der Waals surface area contributed by atoms with E-state index in [0.29, 0.717) is 11.3 Å². The van der Waals surface area contributed by atoms with Gasteiger partial charge in [0.1, 0.15) is 6.04 Å². The lowest BCUT2D eigenvalue weighted by Gasteiger charge is -2.22. The van der Waals surface area contributed by atoms with E-state index in [-0.39, 0.29) is 18.2 Å². The quantitative estimate of drug-likeness (QED) is 0.503. The van der Waals surface area contributed by atoms with Crippen molar-refractivity contribution in [2.24, 2.45) is 0 Å². The molecule has 1 saturated heterocycles. The molecule has 3 N–H and O–H groups in total. The van der Waals surface area contributed by atoms with Gasteiger partial charge in [-0.3, -0.25) is 19.7 Å². The van der Waals surface area contributed by atoms with E-state index >= 15 is 0 Å². The number of hydrogen-bond donors (Lipinski definition) is 3. The highest BCUT2D eigenvalue weighted by atomic mass is 32.2. The summed E-state index contributed by atoms with van der Waals surface area (Å²) in [7, 11) is 1.79. The summed E-state index contributed by atoms with van der Waals surface area (Å²) in [5, 5.41) is 8.78. The van der Waals surface area contributed by atoms with Crippen LogP contribution in [0.15, 0.2) is 22.1 Å². The smallest absolute Gasteiger partial charge is 0.258 e. The summed E-state index contributed by atoms with van der Waals surface area (Å²) in [6.07, 6.45) is 5.11. The number of thioether (sulfide) groups is 1. The van der Waals surface area contributed by atoms with E-state index in [1.807, 2.05) is 13.0 Å². The first-order valence-electron chi connectivity index (χ1n) is 6.88. The van der Waals surface area contributed by atoms with Gasteiger partial charge in [-0.15, -0.1) is 0 Å². The highest BCUT2D eigenvalue weighted by Gasteiger charge is 2.28. The number of nitrogens with one attached hydrogen (secondary N) is 3. The number of carbonyl (C=O) groups is 3. The number of piperidine rings is 1. The van der Waals surface area contributed by atoms with Gasteiger partial charge >= 0.3 is 0 Å². The van der Waals surface area contributed by atoms with Crippen LogP contribution in [0.5, 0.6) is 0 Å². The van der Waals surface area contributed by atoms with E-state index in [4.69, 9.17) is 0 Å². The minimum Gasteiger partial charge on any atom is -0.383 e. The van der Waals surface area contributed by atoms with Crippen LogP contribution in [-0.2, 0) is 14.4 Å². The van der Waals surface area contributed by atoms with Gasteiger partial charge in [-0.1, -0.05) is 30.8 Å². The lowest BCUT2D eigenvalue weighted by atomic mass is 10.1. The zero-order valence-electron chi connectivity index (χ0n) is 12.5. The highest BCUT2D eigenvalue weighted by molar-refractivity contribution is 8.07. The van der Waals surface area contributed by atoms with Crippen molar-refractivity contribution in [3.8, 4) is 0 Å². The maximum Gasteiger partial charge on any atom is 0.258 e. The number of amides is 3. The van der Waals surface area contributed by atoms with Crippen molar-refractivity contribution in [2.45, 2.75) is 39.2 Å². The minimum atomic E-state index is -0.654. The Morgan fingerprint density at radius 2 is 2.19 bits per heavy atom. The van der Waals surface area contributed by atoms with E-state index < -0.39 is 11.9 Å². The molecule has 0 radical (unpaired) electrons. The van der Waals surface area contributed by atoms with E-state index in [1.165, 1.54) is 11.8 Å². The van der Waals surface area contributed by atoms with Crippen LogP contribution in [-0.4, -0.2) is 30.8 Å². The van der Waals surface area contributed by atoms with Gasteiger partial charge in [-0.05, 0) is 19.8 Å². The van der Waals surface area contributed by atoms with Crippen LogP contribution in [0.2, 0.25) is 0 Å². The summed E-state index contributed by atoms with van der Waals surface area (Å²) in [4.78, 5) is 35.4. The molecule has 1 aliphatic rings. The molecule has 0 aromatic rings. The first kappa shape index (κ1) is 17.3. The Hall–Kier alpha value is -1.76. The molecule has 1 atom stereocenters. The molecule has 7 heteroatoms. The van der Waals surface area contributed by atoms with Crippen LogP contribution in [0.25, 0.3) is 0 Å². The Bertz CT molecular complexity index is 486. The Morgan fingerprint density at radius 3 is 2.71 bits per heavy atom. The molecule has 6 nitrogen and oxygen atoms in total. The third kappa shape index (κ3) is 5.26. The van der Waals surface area contributed by atoms with E-state index in [9.17, 15) is 14.4 Å². The van der Waals surface area contributed by atoms with Crippen molar-refractivity contribution >= 4 is 29.5 Å². The molecule has 1 rings (SSSR count). The highest BCUT2D eigenvalue weighted by Crippen LogP contribution is 2.24. The zero-order chi connectivity index (χ0) is 15.8. The second kappa shape index (κ2) is 8.51. The molecule has 0 spiro atoms. The molecule has 1 fully saturated rings. The summed E-state index contributed by atoms with van der Waals surface area (Å²) in [5.74, 6) is -1.05. The van der Waals surface area contributed by atoms with Crippen molar-refractivity contribution in [1.29, 1.82) is 0 Å². The molecule has 0 aliphatic carbocycles. The van der Waals surface area contributed by atoms with Gasteiger partial charge in [0.05, 0.1) is 9.93 Å². The number of rotatable bonds is 6. The first-order chi connectivity index (χ1) is 10.0. The third-order valence-corrected chi connectivity index (χ3v) is 4.12. The van der Waals surface area contributed by atoms with Crippen LogP contribution in [0.3, 0.4) is 0 Å². The first-order valence-corrected chi connectivity index (χ1v) is 7.70. The predicted molar refractivity (Wildman–Crippen MR) is 83.1 cm³/mol. The molecule has 21 heavy (non-hydrogen) atoms. The summed E-state index contributed by atoms with van der Waals surface area (Å²) in [6.45, 7) is 3.78. The fourth-order valence-electron chi connectivity index (χ4n) is 1.80. The lowest BCUT2D eigenvalue weighted by molar-refractivity contribution is -0.136. The molecule has 0 aromatic heterocycles. The molecular weight excluding hydrogens is 290 g/mol. The third-order valence-electron chi connectivity index (χ3n) is 2.89. The van der Waals surface area contributed by atoms with Crippen LogP contribution < -0.4 is 16.0 Å². The Morgan fingerprint density at radius 1 is 1.48 bits per heavy atom. The van der Waals surface area contributed by atoms with Crippen molar-refractivity contribution in [1.82, 2.24) is 16.0 Å². The number of carbonyl (C=O) groups excluding carboxylic acids is 3. The van der Waals surface area contributed by atoms with E-state index in [0.717, 1.165) is 11.4 Å². The Labute approximate surface area is 128 Å². The van der Waals surface area contributed by atoms with Crippen LogP contribution in [0.4, 0.5) is 0 Å². The Balaban J connectivity index is 2.66. The molecule has 0 bridgehead atoms. The molecule has 1 unspecified atom stereocenters. The van der Waals surface area contributed by atoms with Gasteiger partial charge in [0.25, 0.3) is 5.91 Å². The van der Waals surface area contributed by atoms with Crippen LogP contribution in [0.1, 0.15) is 33.1 Å². The monoisotopic (exact) mass is 311 g/mol. The molecule has 116 valence electrons. The second-order valence-electron chi connectivity index (χ2n) is 4.46. The maximum atomic E-state index is 12.2. The summed E-state index contributed by atoms with van der Waals surface area (Å²) < 4.78 is 0. The topological polar surface area (TPSA) is 87.3 Å². The Kier molecular flexibility index (Phi) is 7.01. The molecule has 1 aliphatic heterocycles. The van der Waals surface area contributed by atoms with Gasteiger partial charge in [0.15, 0.2) is 0 Å². The predicted octanol–water partition coefficient (Wildman–Crippen LogP) is 1.02. The zero-order valence-corrected chi connectivity index (χ0v) is 13.3.